The lowest BCUT2D eigenvalue weighted by molar-refractivity contribution is 0.426. The topological polar surface area (TPSA) is 91.0 Å². The zero-order valence-electron chi connectivity index (χ0n) is 7.32. The molecule has 0 fully saturated rings. The van der Waals surface area contributed by atoms with Crippen LogP contribution in [0.4, 0.5) is 6.01 Å². The van der Waals surface area contributed by atoms with Crippen molar-refractivity contribution in [3.05, 3.63) is 5.89 Å². The number of aromatic nitrogens is 2. The van der Waals surface area contributed by atoms with Crippen molar-refractivity contribution in [1.29, 1.82) is 0 Å². The van der Waals surface area contributed by atoms with E-state index in [1.807, 2.05) is 13.8 Å². The highest BCUT2D eigenvalue weighted by atomic mass is 16.4. The molecule has 68 valence electrons. The van der Waals surface area contributed by atoms with Crippen molar-refractivity contribution >= 4 is 6.01 Å². The van der Waals surface area contributed by atoms with Gasteiger partial charge in [0.1, 0.15) is 0 Å². The number of nitrogens with zero attached hydrogens (tertiary/aromatic N) is 2. The van der Waals surface area contributed by atoms with Gasteiger partial charge in [0, 0.05) is 12.5 Å². The number of nitrogens with two attached hydrogens (primary N) is 2. The average molecular weight is 170 g/mol. The van der Waals surface area contributed by atoms with E-state index in [0.29, 0.717) is 18.2 Å². The predicted molar refractivity (Wildman–Crippen MR) is 45.2 cm³/mol. The molecule has 0 saturated carbocycles. The van der Waals surface area contributed by atoms with Gasteiger partial charge in [0.05, 0.1) is 0 Å². The monoisotopic (exact) mass is 170 g/mol. The fourth-order valence-electron chi connectivity index (χ4n) is 0.786. The van der Waals surface area contributed by atoms with Crippen LogP contribution in [-0.4, -0.2) is 16.2 Å². The average Bonchev–Trinajstić information content (AvgIpc) is 2.35. The van der Waals surface area contributed by atoms with E-state index in [9.17, 15) is 0 Å². The van der Waals surface area contributed by atoms with Crippen LogP contribution in [0.3, 0.4) is 0 Å². The second-order valence-corrected chi connectivity index (χ2v) is 3.15. The number of hydrogen-bond donors (Lipinski definition) is 2. The summed E-state index contributed by atoms with van der Waals surface area (Å²) in [5.41, 5.74) is 11.0. The standard InChI is InChI=1S/C7H14N4O/c1-4(2)5(8)3-6-10-11-7(9)12-6/h4-5H,3,8H2,1-2H3,(H2,9,11). The molecule has 5 nitrogen and oxygen atoms in total. The second-order valence-electron chi connectivity index (χ2n) is 3.15. The molecule has 5 heteroatoms. The van der Waals surface area contributed by atoms with Gasteiger partial charge in [-0.15, -0.1) is 5.10 Å². The molecule has 0 aliphatic carbocycles. The van der Waals surface area contributed by atoms with Gasteiger partial charge in [-0.1, -0.05) is 18.9 Å². The maximum Gasteiger partial charge on any atom is 0.312 e. The second kappa shape index (κ2) is 3.53. The number of nitrogen functional groups attached to an aromatic ring is 1. The Balaban J connectivity index is 2.52. The Hall–Kier alpha value is -1.10. The summed E-state index contributed by atoms with van der Waals surface area (Å²) in [6, 6.07) is 0.144. The molecule has 0 aliphatic rings. The molecule has 0 aliphatic heterocycles. The molecule has 0 aromatic carbocycles. The van der Waals surface area contributed by atoms with E-state index in [4.69, 9.17) is 15.9 Å². The molecule has 4 N–H and O–H groups in total. The van der Waals surface area contributed by atoms with Gasteiger partial charge in [0.2, 0.25) is 5.89 Å². The van der Waals surface area contributed by atoms with Gasteiger partial charge in [-0.3, -0.25) is 0 Å². The smallest absolute Gasteiger partial charge is 0.312 e. The Labute approximate surface area is 71.1 Å². The zero-order chi connectivity index (χ0) is 9.14. The minimum absolute atomic E-state index is 0.0462. The van der Waals surface area contributed by atoms with Crippen molar-refractivity contribution in [3.63, 3.8) is 0 Å². The molecular formula is C7H14N4O. The number of hydrogen-bond acceptors (Lipinski definition) is 5. The fraction of sp³-hybridized carbons (Fsp3) is 0.714. The molecule has 1 unspecified atom stereocenters. The van der Waals surface area contributed by atoms with Crippen LogP contribution >= 0.6 is 0 Å². The lowest BCUT2D eigenvalue weighted by Crippen LogP contribution is -2.28. The molecule has 0 bridgehead atoms. The summed E-state index contributed by atoms with van der Waals surface area (Å²) in [4.78, 5) is 0. The van der Waals surface area contributed by atoms with Crippen molar-refractivity contribution in [3.8, 4) is 0 Å². The Bertz CT molecular complexity index is 245. The summed E-state index contributed by atoms with van der Waals surface area (Å²) in [5, 5.41) is 7.25. The minimum Gasteiger partial charge on any atom is -0.408 e. The molecule has 0 amide bonds. The number of rotatable bonds is 3. The molecule has 0 radical (unpaired) electrons. The summed E-state index contributed by atoms with van der Waals surface area (Å²) in [6.45, 7) is 4.09. The van der Waals surface area contributed by atoms with E-state index in [0.717, 1.165) is 0 Å². The Morgan fingerprint density at radius 2 is 2.08 bits per heavy atom. The van der Waals surface area contributed by atoms with Crippen molar-refractivity contribution in [2.75, 3.05) is 5.73 Å². The number of anilines is 1. The van der Waals surface area contributed by atoms with Crippen molar-refractivity contribution in [2.24, 2.45) is 11.7 Å². The summed E-state index contributed by atoms with van der Waals surface area (Å²) in [7, 11) is 0. The van der Waals surface area contributed by atoms with E-state index in [1.165, 1.54) is 0 Å². The molecule has 1 rings (SSSR count). The van der Waals surface area contributed by atoms with Gasteiger partial charge in [0.15, 0.2) is 0 Å². The van der Waals surface area contributed by atoms with Gasteiger partial charge in [-0.05, 0) is 5.92 Å². The van der Waals surface area contributed by atoms with Crippen molar-refractivity contribution in [2.45, 2.75) is 26.3 Å². The first-order chi connectivity index (χ1) is 5.59. The van der Waals surface area contributed by atoms with Crippen LogP contribution in [-0.2, 0) is 6.42 Å². The molecule has 0 saturated heterocycles. The lowest BCUT2D eigenvalue weighted by atomic mass is 10.0. The first-order valence-corrected chi connectivity index (χ1v) is 3.93. The molecule has 1 atom stereocenters. The summed E-state index contributed by atoms with van der Waals surface area (Å²) in [5.74, 6) is 0.909. The SMILES string of the molecule is CC(C)C(N)Cc1nnc(N)o1. The van der Waals surface area contributed by atoms with Crippen LogP contribution in [0.1, 0.15) is 19.7 Å². The van der Waals surface area contributed by atoms with Gasteiger partial charge in [-0.25, -0.2) is 0 Å². The highest BCUT2D eigenvalue weighted by Crippen LogP contribution is 2.07. The molecule has 1 heterocycles. The summed E-state index contributed by atoms with van der Waals surface area (Å²) >= 11 is 0. The molecule has 1 aromatic heterocycles. The van der Waals surface area contributed by atoms with Gasteiger partial charge in [-0.2, -0.15) is 0 Å². The summed E-state index contributed by atoms with van der Waals surface area (Å²) in [6.07, 6.45) is 0.585. The minimum atomic E-state index is 0.0462. The highest BCUT2D eigenvalue weighted by molar-refractivity contribution is 5.05. The van der Waals surface area contributed by atoms with Crippen LogP contribution in [0.15, 0.2) is 4.42 Å². The third-order valence-electron chi connectivity index (χ3n) is 1.75. The van der Waals surface area contributed by atoms with Crippen molar-refractivity contribution < 1.29 is 4.42 Å². The van der Waals surface area contributed by atoms with Crippen LogP contribution in [0.25, 0.3) is 0 Å². The van der Waals surface area contributed by atoms with Crippen molar-refractivity contribution in [1.82, 2.24) is 10.2 Å². The van der Waals surface area contributed by atoms with Gasteiger partial charge < -0.3 is 15.9 Å². The third kappa shape index (κ3) is 2.20. The highest BCUT2D eigenvalue weighted by Gasteiger charge is 2.12. The Kier molecular flexibility index (Phi) is 2.65. The van der Waals surface area contributed by atoms with Crippen LogP contribution in [0.2, 0.25) is 0 Å². The van der Waals surface area contributed by atoms with E-state index in [2.05, 4.69) is 10.2 Å². The third-order valence-corrected chi connectivity index (χ3v) is 1.75. The van der Waals surface area contributed by atoms with Crippen LogP contribution in [0, 0.1) is 5.92 Å². The maximum atomic E-state index is 5.79. The Morgan fingerprint density at radius 3 is 2.50 bits per heavy atom. The Morgan fingerprint density at radius 1 is 1.42 bits per heavy atom. The van der Waals surface area contributed by atoms with E-state index in [1.54, 1.807) is 0 Å². The zero-order valence-corrected chi connectivity index (χ0v) is 7.32. The van der Waals surface area contributed by atoms with E-state index < -0.39 is 0 Å². The molecule has 1 aromatic rings. The first-order valence-electron chi connectivity index (χ1n) is 3.93. The van der Waals surface area contributed by atoms with Crippen LogP contribution < -0.4 is 11.5 Å². The lowest BCUT2D eigenvalue weighted by Gasteiger charge is -2.11. The largest absolute Gasteiger partial charge is 0.408 e. The van der Waals surface area contributed by atoms with E-state index in [-0.39, 0.29) is 12.1 Å². The summed E-state index contributed by atoms with van der Waals surface area (Å²) < 4.78 is 4.98. The van der Waals surface area contributed by atoms with Gasteiger partial charge in [0.25, 0.3) is 0 Å². The first kappa shape index (κ1) is 8.99. The van der Waals surface area contributed by atoms with E-state index >= 15 is 0 Å². The molecular weight excluding hydrogens is 156 g/mol. The normalized spacial score (nSPS) is 13.7. The quantitative estimate of drug-likeness (QED) is 0.675. The van der Waals surface area contributed by atoms with Crippen LogP contribution in [0.5, 0.6) is 0 Å². The fourth-order valence-corrected chi connectivity index (χ4v) is 0.786. The maximum absolute atomic E-state index is 5.79. The molecule has 0 spiro atoms. The predicted octanol–water partition coefficient (Wildman–Crippen LogP) is 0.178. The van der Waals surface area contributed by atoms with Gasteiger partial charge >= 0.3 is 6.01 Å². The molecule has 12 heavy (non-hydrogen) atoms.